The van der Waals surface area contributed by atoms with Crippen LogP contribution >= 0.6 is 23.2 Å². The Morgan fingerprint density at radius 1 is 1.35 bits per heavy atom. The molecule has 0 heterocycles. The summed E-state index contributed by atoms with van der Waals surface area (Å²) in [6.07, 6.45) is 0. The Hall–Kier alpha value is -0.930. The Morgan fingerprint density at radius 3 is 2.59 bits per heavy atom. The Morgan fingerprint density at radius 2 is 2.00 bits per heavy atom. The molecule has 3 nitrogen and oxygen atoms in total. The number of carbonyl (C=O) groups is 1. The number of anilines is 1. The van der Waals surface area contributed by atoms with E-state index in [-0.39, 0.29) is 12.5 Å². The van der Waals surface area contributed by atoms with Crippen LogP contribution in [0.1, 0.15) is 20.8 Å². The van der Waals surface area contributed by atoms with Gasteiger partial charge in [-0.05, 0) is 39.0 Å². The maximum Gasteiger partial charge on any atom is 0.325 e. The average molecular weight is 276 g/mol. The molecule has 0 aliphatic heterocycles. The van der Waals surface area contributed by atoms with Crippen molar-refractivity contribution >= 4 is 34.9 Å². The minimum absolute atomic E-state index is 0.0529. The van der Waals surface area contributed by atoms with E-state index in [9.17, 15) is 4.79 Å². The first kappa shape index (κ1) is 14.1. The van der Waals surface area contributed by atoms with E-state index >= 15 is 0 Å². The number of halogens is 2. The first-order valence-electron chi connectivity index (χ1n) is 5.19. The highest BCUT2D eigenvalue weighted by atomic mass is 35.5. The molecule has 0 bridgehead atoms. The quantitative estimate of drug-likeness (QED) is 0.854. The highest BCUT2D eigenvalue weighted by molar-refractivity contribution is 6.35. The van der Waals surface area contributed by atoms with Crippen molar-refractivity contribution in [3.8, 4) is 0 Å². The predicted molar refractivity (Wildman–Crippen MR) is 70.8 cm³/mol. The van der Waals surface area contributed by atoms with Crippen molar-refractivity contribution in [1.29, 1.82) is 0 Å². The number of benzene rings is 1. The predicted octanol–water partition coefficient (Wildman–Crippen LogP) is 3.75. The lowest BCUT2D eigenvalue weighted by molar-refractivity contribution is -0.152. The molecule has 0 aromatic heterocycles. The number of hydrogen-bond donors (Lipinski definition) is 1. The molecule has 1 aromatic rings. The fraction of sp³-hybridized carbons (Fsp3) is 0.417. The molecule has 1 N–H and O–H groups in total. The number of ether oxygens (including phenoxy) is 1. The van der Waals surface area contributed by atoms with Crippen molar-refractivity contribution in [3.63, 3.8) is 0 Å². The van der Waals surface area contributed by atoms with Crippen LogP contribution in [-0.2, 0) is 9.53 Å². The zero-order chi connectivity index (χ0) is 13.1. The van der Waals surface area contributed by atoms with Gasteiger partial charge in [-0.15, -0.1) is 0 Å². The first-order chi connectivity index (χ1) is 7.78. The Labute approximate surface area is 111 Å². The molecule has 0 aliphatic rings. The van der Waals surface area contributed by atoms with Gasteiger partial charge in [0.15, 0.2) is 0 Å². The van der Waals surface area contributed by atoms with Gasteiger partial charge in [0.2, 0.25) is 0 Å². The topological polar surface area (TPSA) is 38.3 Å². The van der Waals surface area contributed by atoms with Crippen LogP contribution in [0, 0.1) is 0 Å². The molecule has 5 heteroatoms. The summed E-state index contributed by atoms with van der Waals surface area (Å²) in [5.41, 5.74) is 0.127. The van der Waals surface area contributed by atoms with Gasteiger partial charge in [-0.3, -0.25) is 4.79 Å². The van der Waals surface area contributed by atoms with Gasteiger partial charge in [-0.1, -0.05) is 23.2 Å². The lowest BCUT2D eigenvalue weighted by Gasteiger charge is -2.19. The van der Waals surface area contributed by atoms with Gasteiger partial charge < -0.3 is 10.1 Å². The summed E-state index contributed by atoms with van der Waals surface area (Å²) in [6.45, 7) is 5.50. The van der Waals surface area contributed by atoms with E-state index in [1.807, 2.05) is 20.8 Å². The zero-order valence-corrected chi connectivity index (χ0v) is 11.5. The second-order valence-electron chi connectivity index (χ2n) is 4.56. The second-order valence-corrected chi connectivity index (χ2v) is 5.41. The van der Waals surface area contributed by atoms with E-state index in [0.29, 0.717) is 15.7 Å². The molecule has 0 atom stereocenters. The molecule has 94 valence electrons. The van der Waals surface area contributed by atoms with Gasteiger partial charge in [-0.2, -0.15) is 0 Å². The smallest absolute Gasteiger partial charge is 0.325 e. The molecular weight excluding hydrogens is 261 g/mol. The summed E-state index contributed by atoms with van der Waals surface area (Å²) < 4.78 is 5.15. The van der Waals surface area contributed by atoms with Crippen LogP contribution in [0.15, 0.2) is 18.2 Å². The molecule has 0 saturated heterocycles. The maximum absolute atomic E-state index is 11.5. The van der Waals surface area contributed by atoms with Gasteiger partial charge in [0.05, 0.1) is 10.7 Å². The van der Waals surface area contributed by atoms with Gasteiger partial charge in [-0.25, -0.2) is 0 Å². The van der Waals surface area contributed by atoms with Crippen LogP contribution in [0.2, 0.25) is 10.0 Å². The van der Waals surface area contributed by atoms with Crippen LogP contribution < -0.4 is 5.32 Å². The molecule has 1 rings (SSSR count). The normalized spacial score (nSPS) is 11.1. The fourth-order valence-electron chi connectivity index (χ4n) is 1.18. The van der Waals surface area contributed by atoms with E-state index in [4.69, 9.17) is 27.9 Å². The van der Waals surface area contributed by atoms with Gasteiger partial charge >= 0.3 is 5.97 Å². The summed E-state index contributed by atoms with van der Waals surface area (Å²) in [7, 11) is 0. The highest BCUT2D eigenvalue weighted by Crippen LogP contribution is 2.25. The van der Waals surface area contributed by atoms with Crippen molar-refractivity contribution in [1.82, 2.24) is 0 Å². The van der Waals surface area contributed by atoms with Crippen molar-refractivity contribution in [3.05, 3.63) is 28.2 Å². The Bertz CT molecular complexity index is 413. The van der Waals surface area contributed by atoms with Crippen LogP contribution in [0.4, 0.5) is 5.69 Å². The fourth-order valence-corrected chi connectivity index (χ4v) is 1.53. The number of hydrogen-bond acceptors (Lipinski definition) is 3. The second kappa shape index (κ2) is 5.61. The molecule has 0 saturated carbocycles. The average Bonchev–Trinajstić information content (AvgIpc) is 2.17. The van der Waals surface area contributed by atoms with E-state index in [1.165, 1.54) is 0 Å². The molecule has 0 spiro atoms. The number of rotatable bonds is 3. The molecule has 1 aromatic carbocycles. The Balaban J connectivity index is 2.56. The van der Waals surface area contributed by atoms with Crippen LogP contribution in [0.3, 0.4) is 0 Å². The van der Waals surface area contributed by atoms with Crippen LogP contribution in [0.5, 0.6) is 0 Å². The van der Waals surface area contributed by atoms with E-state index in [1.54, 1.807) is 18.2 Å². The van der Waals surface area contributed by atoms with Crippen molar-refractivity contribution in [2.45, 2.75) is 26.4 Å². The Kier molecular flexibility index (Phi) is 4.66. The van der Waals surface area contributed by atoms with Crippen LogP contribution in [-0.4, -0.2) is 18.1 Å². The summed E-state index contributed by atoms with van der Waals surface area (Å²) >= 11 is 11.8. The lowest BCUT2D eigenvalue weighted by atomic mass is 10.2. The molecule has 0 unspecified atom stereocenters. The summed E-state index contributed by atoms with van der Waals surface area (Å²) in [4.78, 5) is 11.5. The minimum Gasteiger partial charge on any atom is -0.459 e. The molecule has 17 heavy (non-hydrogen) atoms. The standard InChI is InChI=1S/C12H15Cl2NO2/c1-12(2,3)17-11(16)7-15-10-6-8(13)4-5-9(10)14/h4-6,15H,7H2,1-3H3. The summed E-state index contributed by atoms with van der Waals surface area (Å²) in [6, 6.07) is 5.01. The highest BCUT2D eigenvalue weighted by Gasteiger charge is 2.16. The third-order valence-electron chi connectivity index (χ3n) is 1.77. The van der Waals surface area contributed by atoms with E-state index in [2.05, 4.69) is 5.32 Å². The third-order valence-corrected chi connectivity index (χ3v) is 2.34. The monoisotopic (exact) mass is 275 g/mol. The number of esters is 1. The van der Waals surface area contributed by atoms with Gasteiger partial charge in [0.1, 0.15) is 12.1 Å². The summed E-state index contributed by atoms with van der Waals surface area (Å²) in [5, 5.41) is 3.95. The zero-order valence-electron chi connectivity index (χ0n) is 10.0. The molecular formula is C12H15Cl2NO2. The van der Waals surface area contributed by atoms with Gasteiger partial charge in [0.25, 0.3) is 0 Å². The molecule has 0 amide bonds. The first-order valence-corrected chi connectivity index (χ1v) is 5.94. The van der Waals surface area contributed by atoms with Crippen LogP contribution in [0.25, 0.3) is 0 Å². The summed E-state index contributed by atoms with van der Waals surface area (Å²) in [5.74, 6) is -0.339. The SMILES string of the molecule is CC(C)(C)OC(=O)CNc1cc(Cl)ccc1Cl. The molecule has 0 fully saturated rings. The third kappa shape index (κ3) is 5.29. The molecule has 0 aliphatic carbocycles. The maximum atomic E-state index is 11.5. The van der Waals surface area contributed by atoms with E-state index < -0.39 is 5.60 Å². The molecule has 0 radical (unpaired) electrons. The van der Waals surface area contributed by atoms with Crippen molar-refractivity contribution in [2.75, 3.05) is 11.9 Å². The minimum atomic E-state index is -0.489. The largest absolute Gasteiger partial charge is 0.459 e. The number of nitrogens with one attached hydrogen (secondary N) is 1. The number of carbonyl (C=O) groups excluding carboxylic acids is 1. The lowest BCUT2D eigenvalue weighted by Crippen LogP contribution is -2.28. The van der Waals surface area contributed by atoms with E-state index in [0.717, 1.165) is 0 Å². The van der Waals surface area contributed by atoms with Crippen molar-refractivity contribution < 1.29 is 9.53 Å². The van der Waals surface area contributed by atoms with Gasteiger partial charge in [0, 0.05) is 5.02 Å². The van der Waals surface area contributed by atoms with Crippen molar-refractivity contribution in [2.24, 2.45) is 0 Å².